The Hall–Kier alpha value is -0.310. The van der Waals surface area contributed by atoms with E-state index in [0.29, 0.717) is 18.1 Å². The zero-order valence-electron chi connectivity index (χ0n) is 10.5. The summed E-state index contributed by atoms with van der Waals surface area (Å²) in [6.07, 6.45) is 9.17. The Labute approximate surface area is 105 Å². The van der Waals surface area contributed by atoms with Gasteiger partial charge >= 0.3 is 0 Å². The third kappa shape index (κ3) is 2.50. The molecule has 2 nitrogen and oxygen atoms in total. The summed E-state index contributed by atoms with van der Waals surface area (Å²) in [4.78, 5) is 2.45. The molecule has 1 heterocycles. The highest BCUT2D eigenvalue weighted by atomic mass is 32.1. The van der Waals surface area contributed by atoms with E-state index in [1.165, 1.54) is 44.9 Å². The van der Waals surface area contributed by atoms with Crippen molar-refractivity contribution in [1.29, 1.82) is 0 Å². The first-order chi connectivity index (χ1) is 7.72. The topological polar surface area (TPSA) is 15.3 Å². The Morgan fingerprint density at radius 2 is 1.94 bits per heavy atom. The third-order valence-electron chi connectivity index (χ3n) is 4.17. The minimum atomic E-state index is 0.631. The van der Waals surface area contributed by atoms with Gasteiger partial charge in [0.2, 0.25) is 0 Å². The van der Waals surface area contributed by atoms with Crippen LogP contribution in [0.15, 0.2) is 0 Å². The molecular formula is C13H24N2S. The van der Waals surface area contributed by atoms with Crippen LogP contribution in [0.4, 0.5) is 0 Å². The molecule has 0 aromatic rings. The summed E-state index contributed by atoms with van der Waals surface area (Å²) in [6.45, 7) is 4.58. The van der Waals surface area contributed by atoms with Crippen molar-refractivity contribution in [1.82, 2.24) is 10.2 Å². The third-order valence-corrected chi connectivity index (χ3v) is 4.50. The van der Waals surface area contributed by atoms with Gasteiger partial charge in [0.25, 0.3) is 0 Å². The number of hydrogen-bond acceptors (Lipinski definition) is 1. The maximum atomic E-state index is 5.59. The van der Waals surface area contributed by atoms with Crippen LogP contribution in [0.5, 0.6) is 0 Å². The smallest absolute Gasteiger partial charge is 0.169 e. The molecule has 0 spiro atoms. The fraction of sp³-hybridized carbons (Fsp3) is 0.923. The van der Waals surface area contributed by atoms with Crippen LogP contribution in [-0.4, -0.2) is 28.1 Å². The molecule has 1 N–H and O–H groups in total. The summed E-state index contributed by atoms with van der Waals surface area (Å²) >= 11 is 5.59. The molecule has 1 saturated carbocycles. The Morgan fingerprint density at radius 3 is 2.56 bits per heavy atom. The Balaban J connectivity index is 1.91. The molecule has 2 aliphatic rings. The van der Waals surface area contributed by atoms with Crippen molar-refractivity contribution in [2.75, 3.05) is 0 Å². The first-order valence-corrected chi connectivity index (χ1v) is 7.22. The van der Waals surface area contributed by atoms with Gasteiger partial charge in [-0.2, -0.15) is 0 Å². The Morgan fingerprint density at radius 1 is 1.25 bits per heavy atom. The van der Waals surface area contributed by atoms with Crippen LogP contribution in [0.1, 0.15) is 58.8 Å². The molecule has 2 unspecified atom stereocenters. The van der Waals surface area contributed by atoms with Crippen molar-refractivity contribution < 1.29 is 0 Å². The standard InChI is InChI=1S/C13H24N2S/c1-3-12-9-8-10(2)15(12)13(16)14-11-6-4-5-7-11/h10-12H,3-9H2,1-2H3,(H,14,16). The summed E-state index contributed by atoms with van der Waals surface area (Å²) in [5, 5.41) is 4.59. The molecule has 2 fully saturated rings. The van der Waals surface area contributed by atoms with Gasteiger partial charge in [-0.3, -0.25) is 0 Å². The normalized spacial score (nSPS) is 31.0. The first kappa shape index (κ1) is 12.2. The second-order valence-electron chi connectivity index (χ2n) is 5.33. The SMILES string of the molecule is CCC1CCC(C)N1C(=S)NC1CCCC1. The average molecular weight is 240 g/mol. The molecule has 0 aromatic heterocycles. The predicted octanol–water partition coefficient (Wildman–Crippen LogP) is 3.07. The molecule has 1 aliphatic carbocycles. The number of likely N-dealkylation sites (tertiary alicyclic amines) is 1. The van der Waals surface area contributed by atoms with Crippen molar-refractivity contribution >= 4 is 17.3 Å². The lowest BCUT2D eigenvalue weighted by Crippen LogP contribution is -2.48. The van der Waals surface area contributed by atoms with Gasteiger partial charge in [0.15, 0.2) is 5.11 Å². The van der Waals surface area contributed by atoms with E-state index in [1.54, 1.807) is 0 Å². The number of nitrogens with zero attached hydrogens (tertiary/aromatic N) is 1. The van der Waals surface area contributed by atoms with Gasteiger partial charge in [0.1, 0.15) is 0 Å². The number of thiocarbonyl (C=S) groups is 1. The van der Waals surface area contributed by atoms with Crippen LogP contribution in [0.25, 0.3) is 0 Å². The van der Waals surface area contributed by atoms with Gasteiger partial charge in [-0.25, -0.2) is 0 Å². The van der Waals surface area contributed by atoms with Crippen molar-refractivity contribution in [2.24, 2.45) is 0 Å². The predicted molar refractivity (Wildman–Crippen MR) is 72.6 cm³/mol. The van der Waals surface area contributed by atoms with Crippen molar-refractivity contribution in [3.8, 4) is 0 Å². The lowest BCUT2D eigenvalue weighted by Gasteiger charge is -2.32. The van der Waals surface area contributed by atoms with Crippen LogP contribution in [0, 0.1) is 0 Å². The van der Waals surface area contributed by atoms with E-state index < -0.39 is 0 Å². The van der Waals surface area contributed by atoms with Crippen LogP contribution in [0.3, 0.4) is 0 Å². The maximum Gasteiger partial charge on any atom is 0.169 e. The molecular weight excluding hydrogens is 216 g/mol. The molecule has 0 aromatic carbocycles. The van der Waals surface area contributed by atoms with Crippen LogP contribution in [-0.2, 0) is 0 Å². The monoisotopic (exact) mass is 240 g/mol. The second kappa shape index (κ2) is 5.35. The maximum absolute atomic E-state index is 5.59. The highest BCUT2D eigenvalue weighted by Crippen LogP contribution is 2.27. The average Bonchev–Trinajstić information content (AvgIpc) is 2.87. The van der Waals surface area contributed by atoms with E-state index in [-0.39, 0.29) is 0 Å². The van der Waals surface area contributed by atoms with Gasteiger partial charge in [0.05, 0.1) is 0 Å². The highest BCUT2D eigenvalue weighted by Gasteiger charge is 2.31. The van der Waals surface area contributed by atoms with Crippen LogP contribution >= 0.6 is 12.2 Å². The molecule has 0 radical (unpaired) electrons. The molecule has 2 atom stereocenters. The van der Waals surface area contributed by atoms with Gasteiger partial charge in [-0.05, 0) is 51.2 Å². The summed E-state index contributed by atoms with van der Waals surface area (Å²) < 4.78 is 0. The molecule has 16 heavy (non-hydrogen) atoms. The summed E-state index contributed by atoms with van der Waals surface area (Å²) in [7, 11) is 0. The van der Waals surface area contributed by atoms with Crippen molar-refractivity contribution in [2.45, 2.75) is 76.9 Å². The zero-order chi connectivity index (χ0) is 11.5. The fourth-order valence-electron chi connectivity index (χ4n) is 3.16. The van der Waals surface area contributed by atoms with Gasteiger partial charge in [-0.15, -0.1) is 0 Å². The molecule has 1 aliphatic heterocycles. The molecule has 0 amide bonds. The number of nitrogens with one attached hydrogen (secondary N) is 1. The summed E-state index contributed by atoms with van der Waals surface area (Å²) in [5.41, 5.74) is 0. The molecule has 0 bridgehead atoms. The van der Waals surface area contributed by atoms with Gasteiger partial charge in [0, 0.05) is 18.1 Å². The molecule has 1 saturated heterocycles. The molecule has 3 heteroatoms. The molecule has 92 valence electrons. The van der Waals surface area contributed by atoms with Gasteiger partial charge in [-0.1, -0.05) is 19.8 Å². The summed E-state index contributed by atoms with van der Waals surface area (Å²) in [5.74, 6) is 0. The number of rotatable bonds is 2. The quantitative estimate of drug-likeness (QED) is 0.747. The van der Waals surface area contributed by atoms with E-state index in [0.717, 1.165) is 5.11 Å². The second-order valence-corrected chi connectivity index (χ2v) is 5.71. The number of hydrogen-bond donors (Lipinski definition) is 1. The zero-order valence-corrected chi connectivity index (χ0v) is 11.4. The Kier molecular flexibility index (Phi) is 4.06. The van der Waals surface area contributed by atoms with Crippen molar-refractivity contribution in [3.63, 3.8) is 0 Å². The highest BCUT2D eigenvalue weighted by molar-refractivity contribution is 7.80. The van der Waals surface area contributed by atoms with Crippen LogP contribution < -0.4 is 5.32 Å². The van der Waals surface area contributed by atoms with E-state index >= 15 is 0 Å². The van der Waals surface area contributed by atoms with E-state index in [9.17, 15) is 0 Å². The van der Waals surface area contributed by atoms with E-state index in [2.05, 4.69) is 24.1 Å². The largest absolute Gasteiger partial charge is 0.360 e. The van der Waals surface area contributed by atoms with Crippen molar-refractivity contribution in [3.05, 3.63) is 0 Å². The lowest BCUT2D eigenvalue weighted by molar-refractivity contribution is 0.312. The summed E-state index contributed by atoms with van der Waals surface area (Å²) in [6, 6.07) is 1.96. The molecule has 2 rings (SSSR count). The van der Waals surface area contributed by atoms with Crippen LogP contribution in [0.2, 0.25) is 0 Å². The first-order valence-electron chi connectivity index (χ1n) is 6.81. The fourth-order valence-corrected chi connectivity index (χ4v) is 3.65. The van der Waals surface area contributed by atoms with E-state index in [1.807, 2.05) is 0 Å². The minimum Gasteiger partial charge on any atom is -0.360 e. The van der Waals surface area contributed by atoms with Gasteiger partial charge < -0.3 is 10.2 Å². The lowest BCUT2D eigenvalue weighted by atomic mass is 10.2. The minimum absolute atomic E-state index is 0.631. The Bertz CT molecular complexity index is 248. The van der Waals surface area contributed by atoms with E-state index in [4.69, 9.17) is 12.2 Å².